The monoisotopic (exact) mass is 390 g/mol. The lowest BCUT2D eigenvalue weighted by molar-refractivity contribution is -0.132. The van der Waals surface area contributed by atoms with Crippen molar-refractivity contribution in [3.05, 3.63) is 58.1 Å². The first kappa shape index (κ1) is 17.7. The standard InChI is InChI=1S/C17H15BrN2O4/c1-10-9-13(7-8-14(10)18)20-16(22)15(21)19-12-5-3-11(4-6-12)17(23)24-2/h3-9H,1-2H3,(H,19,21)(H,20,22). The van der Waals surface area contributed by atoms with E-state index in [4.69, 9.17) is 0 Å². The molecule has 0 saturated carbocycles. The summed E-state index contributed by atoms with van der Waals surface area (Å²) in [6.45, 7) is 1.88. The topological polar surface area (TPSA) is 84.5 Å². The van der Waals surface area contributed by atoms with Crippen LogP contribution in [-0.4, -0.2) is 24.9 Å². The molecular formula is C17H15BrN2O4. The average molecular weight is 391 g/mol. The third-order valence-corrected chi connectivity index (χ3v) is 4.08. The van der Waals surface area contributed by atoms with Crippen molar-refractivity contribution in [2.24, 2.45) is 0 Å². The van der Waals surface area contributed by atoms with Crippen LogP contribution in [0.15, 0.2) is 46.9 Å². The van der Waals surface area contributed by atoms with Gasteiger partial charge in [-0.05, 0) is 55.0 Å². The van der Waals surface area contributed by atoms with Gasteiger partial charge in [0.15, 0.2) is 0 Å². The number of ether oxygens (including phenoxy) is 1. The molecule has 0 radical (unpaired) electrons. The molecule has 0 aliphatic heterocycles. The van der Waals surface area contributed by atoms with Crippen molar-refractivity contribution in [2.45, 2.75) is 6.92 Å². The zero-order chi connectivity index (χ0) is 17.7. The molecule has 2 aromatic carbocycles. The molecule has 2 rings (SSSR count). The zero-order valence-corrected chi connectivity index (χ0v) is 14.6. The van der Waals surface area contributed by atoms with Crippen molar-refractivity contribution >= 4 is 45.1 Å². The summed E-state index contributed by atoms with van der Waals surface area (Å²) in [7, 11) is 1.28. The molecule has 2 amide bonds. The molecule has 6 nitrogen and oxygen atoms in total. The number of carbonyl (C=O) groups excluding carboxylic acids is 3. The third-order valence-electron chi connectivity index (χ3n) is 3.19. The number of benzene rings is 2. The lowest BCUT2D eigenvalue weighted by Gasteiger charge is -2.08. The number of hydrogen-bond acceptors (Lipinski definition) is 4. The van der Waals surface area contributed by atoms with E-state index in [9.17, 15) is 14.4 Å². The van der Waals surface area contributed by atoms with Crippen LogP contribution in [0.5, 0.6) is 0 Å². The van der Waals surface area contributed by atoms with E-state index >= 15 is 0 Å². The second-order valence-electron chi connectivity index (χ2n) is 4.94. The summed E-state index contributed by atoms with van der Waals surface area (Å²) < 4.78 is 5.50. The van der Waals surface area contributed by atoms with Gasteiger partial charge < -0.3 is 15.4 Å². The number of halogens is 1. The van der Waals surface area contributed by atoms with Crippen LogP contribution >= 0.6 is 15.9 Å². The van der Waals surface area contributed by atoms with Gasteiger partial charge in [-0.1, -0.05) is 15.9 Å². The molecule has 0 aromatic heterocycles. The Bertz CT molecular complexity index is 788. The fourth-order valence-corrected chi connectivity index (χ4v) is 2.15. The number of nitrogens with one attached hydrogen (secondary N) is 2. The van der Waals surface area contributed by atoms with Crippen molar-refractivity contribution in [2.75, 3.05) is 17.7 Å². The lowest BCUT2D eigenvalue weighted by atomic mass is 10.2. The number of aryl methyl sites for hydroxylation is 1. The van der Waals surface area contributed by atoms with E-state index in [1.807, 2.05) is 6.92 Å². The van der Waals surface area contributed by atoms with Gasteiger partial charge in [0, 0.05) is 15.8 Å². The average Bonchev–Trinajstić information content (AvgIpc) is 2.58. The summed E-state index contributed by atoms with van der Waals surface area (Å²) in [4.78, 5) is 35.2. The van der Waals surface area contributed by atoms with Gasteiger partial charge in [0.25, 0.3) is 0 Å². The number of methoxy groups -OCH3 is 1. The molecular weight excluding hydrogens is 376 g/mol. The van der Waals surface area contributed by atoms with Crippen LogP contribution in [0, 0.1) is 6.92 Å². The Hall–Kier alpha value is -2.67. The van der Waals surface area contributed by atoms with E-state index in [0.717, 1.165) is 10.0 Å². The van der Waals surface area contributed by atoms with Gasteiger partial charge in [-0.15, -0.1) is 0 Å². The molecule has 0 atom stereocenters. The number of amides is 2. The van der Waals surface area contributed by atoms with Gasteiger partial charge in [-0.3, -0.25) is 9.59 Å². The lowest BCUT2D eigenvalue weighted by Crippen LogP contribution is -2.29. The van der Waals surface area contributed by atoms with Crippen molar-refractivity contribution in [3.8, 4) is 0 Å². The minimum absolute atomic E-state index is 0.352. The number of anilines is 2. The number of esters is 1. The highest BCUT2D eigenvalue weighted by atomic mass is 79.9. The van der Waals surface area contributed by atoms with Crippen LogP contribution in [-0.2, 0) is 14.3 Å². The Morgan fingerprint density at radius 2 is 1.46 bits per heavy atom. The quantitative estimate of drug-likeness (QED) is 0.622. The normalized spacial score (nSPS) is 9.96. The molecule has 2 N–H and O–H groups in total. The van der Waals surface area contributed by atoms with E-state index in [1.165, 1.54) is 31.4 Å². The first-order valence-corrected chi connectivity index (χ1v) is 7.77. The first-order valence-electron chi connectivity index (χ1n) is 6.97. The van der Waals surface area contributed by atoms with Crippen molar-refractivity contribution in [3.63, 3.8) is 0 Å². The Kier molecular flexibility index (Phi) is 5.70. The van der Waals surface area contributed by atoms with E-state index in [2.05, 4.69) is 31.3 Å². The largest absolute Gasteiger partial charge is 0.465 e. The van der Waals surface area contributed by atoms with Crippen LogP contribution in [0.1, 0.15) is 15.9 Å². The predicted octanol–water partition coefficient (Wildman–Crippen LogP) is 3.12. The summed E-state index contributed by atoms with van der Waals surface area (Å²) in [5.74, 6) is -2.06. The van der Waals surface area contributed by atoms with Crippen LogP contribution in [0.25, 0.3) is 0 Å². The SMILES string of the molecule is COC(=O)c1ccc(NC(=O)C(=O)Nc2ccc(Br)c(C)c2)cc1. The van der Waals surface area contributed by atoms with Gasteiger partial charge in [-0.25, -0.2) is 4.79 Å². The van der Waals surface area contributed by atoms with Gasteiger partial charge in [0.2, 0.25) is 0 Å². The van der Waals surface area contributed by atoms with Crippen molar-refractivity contribution in [1.82, 2.24) is 0 Å². The van der Waals surface area contributed by atoms with Crippen LogP contribution < -0.4 is 10.6 Å². The highest BCUT2D eigenvalue weighted by molar-refractivity contribution is 9.10. The smallest absolute Gasteiger partial charge is 0.337 e. The molecule has 0 bridgehead atoms. The summed E-state index contributed by atoms with van der Waals surface area (Å²) in [6.07, 6.45) is 0. The summed E-state index contributed by atoms with van der Waals surface area (Å²) in [6, 6.07) is 11.2. The summed E-state index contributed by atoms with van der Waals surface area (Å²) in [5, 5.41) is 4.98. The van der Waals surface area contributed by atoms with Crippen LogP contribution in [0.3, 0.4) is 0 Å². The summed E-state index contributed by atoms with van der Waals surface area (Å²) in [5.41, 5.74) is 2.21. The molecule has 0 aliphatic rings. The fraction of sp³-hybridized carbons (Fsp3) is 0.118. The highest BCUT2D eigenvalue weighted by Crippen LogP contribution is 2.20. The third kappa shape index (κ3) is 4.42. The van der Waals surface area contributed by atoms with E-state index in [1.54, 1.807) is 18.2 Å². The van der Waals surface area contributed by atoms with Gasteiger partial charge in [0.1, 0.15) is 0 Å². The Morgan fingerprint density at radius 1 is 0.917 bits per heavy atom. The van der Waals surface area contributed by atoms with Gasteiger partial charge >= 0.3 is 17.8 Å². The molecule has 2 aromatic rings. The Labute approximate surface area is 147 Å². The number of hydrogen-bond donors (Lipinski definition) is 2. The van der Waals surface area contributed by atoms with Crippen LogP contribution in [0.2, 0.25) is 0 Å². The minimum atomic E-state index is -0.804. The van der Waals surface area contributed by atoms with E-state index < -0.39 is 17.8 Å². The molecule has 124 valence electrons. The maximum Gasteiger partial charge on any atom is 0.337 e. The maximum atomic E-state index is 11.9. The fourth-order valence-electron chi connectivity index (χ4n) is 1.91. The molecule has 24 heavy (non-hydrogen) atoms. The molecule has 0 unspecified atom stereocenters. The van der Waals surface area contributed by atoms with Gasteiger partial charge in [-0.2, -0.15) is 0 Å². The predicted molar refractivity (Wildman–Crippen MR) is 93.9 cm³/mol. The molecule has 0 fully saturated rings. The van der Waals surface area contributed by atoms with E-state index in [-0.39, 0.29) is 0 Å². The first-order chi connectivity index (χ1) is 11.4. The molecule has 0 heterocycles. The minimum Gasteiger partial charge on any atom is -0.465 e. The molecule has 7 heteroatoms. The van der Waals surface area contributed by atoms with Crippen molar-refractivity contribution < 1.29 is 19.1 Å². The Morgan fingerprint density at radius 3 is 2.00 bits per heavy atom. The molecule has 0 saturated heterocycles. The second kappa shape index (κ2) is 7.74. The summed E-state index contributed by atoms with van der Waals surface area (Å²) >= 11 is 3.36. The zero-order valence-electron chi connectivity index (χ0n) is 13.1. The molecule has 0 spiro atoms. The van der Waals surface area contributed by atoms with E-state index in [0.29, 0.717) is 16.9 Å². The number of rotatable bonds is 3. The molecule has 0 aliphatic carbocycles. The van der Waals surface area contributed by atoms with Gasteiger partial charge in [0.05, 0.1) is 12.7 Å². The maximum absolute atomic E-state index is 11.9. The number of carbonyl (C=O) groups is 3. The highest BCUT2D eigenvalue weighted by Gasteiger charge is 2.15. The second-order valence-corrected chi connectivity index (χ2v) is 5.80. The van der Waals surface area contributed by atoms with Crippen LogP contribution in [0.4, 0.5) is 11.4 Å². The van der Waals surface area contributed by atoms with Crippen molar-refractivity contribution in [1.29, 1.82) is 0 Å². The Balaban J connectivity index is 1.99.